The molecule has 2 rings (SSSR count). The smallest absolute Gasteiger partial charge is 0.244 e. The first kappa shape index (κ1) is 24.0. The molecule has 0 spiro atoms. The maximum absolute atomic E-state index is 13.2. The van der Waals surface area contributed by atoms with Gasteiger partial charge in [0.25, 0.3) is 0 Å². The van der Waals surface area contributed by atoms with Crippen LogP contribution in [0, 0.1) is 0 Å². The first-order valence-corrected chi connectivity index (χ1v) is 11.6. The lowest BCUT2D eigenvalue weighted by Gasteiger charge is -2.31. The van der Waals surface area contributed by atoms with Crippen LogP contribution in [0.5, 0.6) is 0 Å². The van der Waals surface area contributed by atoms with E-state index in [9.17, 15) is 18.0 Å². The molecule has 162 valence electrons. The maximum Gasteiger partial charge on any atom is 0.244 e. The Labute approximate surface area is 186 Å². The summed E-state index contributed by atoms with van der Waals surface area (Å²) in [5, 5.41) is 2.92. The Balaban J connectivity index is 2.41. The number of nitrogens with zero attached hydrogens (tertiary/aromatic N) is 2. The predicted octanol–water partition coefficient (Wildman–Crippen LogP) is 2.92. The molecule has 10 heteroatoms. The van der Waals surface area contributed by atoms with Crippen LogP contribution < -0.4 is 9.62 Å². The molecule has 0 saturated carbocycles. The maximum atomic E-state index is 13.2. The highest BCUT2D eigenvalue weighted by molar-refractivity contribution is 7.92. The number of nitrogens with one attached hydrogen (secondary N) is 1. The molecule has 0 heterocycles. The summed E-state index contributed by atoms with van der Waals surface area (Å²) in [6.45, 7) is 1.18. The van der Waals surface area contributed by atoms with Crippen molar-refractivity contribution in [1.82, 2.24) is 10.2 Å². The van der Waals surface area contributed by atoms with Crippen LogP contribution in [0.3, 0.4) is 0 Å². The zero-order chi connectivity index (χ0) is 22.5. The van der Waals surface area contributed by atoms with E-state index in [1.54, 1.807) is 6.92 Å². The normalized spacial score (nSPS) is 12.2. The minimum atomic E-state index is -3.87. The van der Waals surface area contributed by atoms with Gasteiger partial charge in [0.1, 0.15) is 12.6 Å². The van der Waals surface area contributed by atoms with E-state index in [2.05, 4.69) is 5.32 Å². The minimum absolute atomic E-state index is 0.0901. The topological polar surface area (TPSA) is 86.8 Å². The Kier molecular flexibility index (Phi) is 8.11. The number of carbonyl (C=O) groups is 2. The second-order valence-corrected chi connectivity index (χ2v) is 9.41. The largest absolute Gasteiger partial charge is 0.357 e. The van der Waals surface area contributed by atoms with E-state index < -0.39 is 28.5 Å². The van der Waals surface area contributed by atoms with Gasteiger partial charge in [-0.05, 0) is 30.7 Å². The van der Waals surface area contributed by atoms with Crippen molar-refractivity contribution in [2.75, 3.05) is 24.2 Å². The Morgan fingerprint density at radius 2 is 1.73 bits per heavy atom. The fraction of sp³-hybridized carbons (Fsp3) is 0.300. The number of halogens is 2. The zero-order valence-corrected chi connectivity index (χ0v) is 19.1. The highest BCUT2D eigenvalue weighted by Gasteiger charge is 2.30. The molecule has 0 unspecified atom stereocenters. The van der Waals surface area contributed by atoms with Gasteiger partial charge in [0.05, 0.1) is 17.0 Å². The third-order valence-electron chi connectivity index (χ3n) is 4.47. The Morgan fingerprint density at radius 1 is 1.10 bits per heavy atom. The monoisotopic (exact) mass is 471 g/mol. The van der Waals surface area contributed by atoms with E-state index >= 15 is 0 Å². The molecule has 1 N–H and O–H groups in total. The highest BCUT2D eigenvalue weighted by atomic mass is 35.5. The fourth-order valence-corrected chi connectivity index (χ4v) is 4.13. The first-order valence-electron chi connectivity index (χ1n) is 9.02. The first-order chi connectivity index (χ1) is 14.0. The molecule has 7 nitrogen and oxygen atoms in total. The molecule has 2 aromatic carbocycles. The summed E-state index contributed by atoms with van der Waals surface area (Å²) in [7, 11) is -2.40. The lowest BCUT2D eigenvalue weighted by atomic mass is 10.1. The van der Waals surface area contributed by atoms with Gasteiger partial charge in [-0.25, -0.2) is 8.42 Å². The predicted molar refractivity (Wildman–Crippen MR) is 119 cm³/mol. The van der Waals surface area contributed by atoms with Crippen LogP contribution in [0.4, 0.5) is 5.69 Å². The van der Waals surface area contributed by atoms with Gasteiger partial charge in [-0.1, -0.05) is 53.5 Å². The third kappa shape index (κ3) is 6.10. The van der Waals surface area contributed by atoms with Crippen LogP contribution in [-0.2, 0) is 26.2 Å². The van der Waals surface area contributed by atoms with Gasteiger partial charge in [0, 0.05) is 18.6 Å². The number of sulfonamides is 1. The summed E-state index contributed by atoms with van der Waals surface area (Å²) >= 11 is 12.2. The van der Waals surface area contributed by atoms with Gasteiger partial charge < -0.3 is 10.2 Å². The van der Waals surface area contributed by atoms with E-state index in [0.29, 0.717) is 0 Å². The molecule has 2 aromatic rings. The second kappa shape index (κ2) is 10.1. The Morgan fingerprint density at radius 3 is 2.30 bits per heavy atom. The average molecular weight is 472 g/mol. The van der Waals surface area contributed by atoms with E-state index in [1.807, 2.05) is 30.3 Å². The molecule has 0 bridgehead atoms. The summed E-state index contributed by atoms with van der Waals surface area (Å²) in [5.74, 6) is -0.928. The summed E-state index contributed by atoms with van der Waals surface area (Å²) in [6, 6.07) is 12.6. The van der Waals surface area contributed by atoms with Gasteiger partial charge in [0.2, 0.25) is 21.8 Å². The minimum Gasteiger partial charge on any atom is -0.357 e. The number of likely N-dealkylation sites (N-methyl/N-ethyl adjacent to an activating group) is 1. The van der Waals surface area contributed by atoms with Crippen molar-refractivity contribution in [3.63, 3.8) is 0 Å². The molecule has 0 aromatic heterocycles. The number of benzene rings is 2. The summed E-state index contributed by atoms with van der Waals surface area (Å²) in [5.41, 5.74) is 0.889. The van der Waals surface area contributed by atoms with Crippen molar-refractivity contribution in [2.24, 2.45) is 0 Å². The molecule has 0 aliphatic rings. The molecule has 0 aliphatic carbocycles. The van der Waals surface area contributed by atoms with E-state index in [4.69, 9.17) is 23.2 Å². The van der Waals surface area contributed by atoms with Crippen molar-refractivity contribution < 1.29 is 18.0 Å². The average Bonchev–Trinajstić information content (AvgIpc) is 2.70. The fourth-order valence-electron chi connectivity index (χ4n) is 2.84. The molecular weight excluding hydrogens is 449 g/mol. The molecule has 2 amide bonds. The van der Waals surface area contributed by atoms with E-state index in [0.717, 1.165) is 16.1 Å². The SMILES string of the molecule is CNC(=O)[C@@H](C)N(Cc1ccccc1)C(=O)CN(c1cc(Cl)ccc1Cl)S(C)(=O)=O. The van der Waals surface area contributed by atoms with Gasteiger partial charge in [-0.2, -0.15) is 0 Å². The zero-order valence-electron chi connectivity index (χ0n) is 16.8. The van der Waals surface area contributed by atoms with Crippen LogP contribution in [0.25, 0.3) is 0 Å². The van der Waals surface area contributed by atoms with Crippen LogP contribution in [0.15, 0.2) is 48.5 Å². The Bertz CT molecular complexity index is 1020. The number of amides is 2. The van der Waals surface area contributed by atoms with Crippen LogP contribution in [-0.4, -0.2) is 51.0 Å². The molecule has 0 radical (unpaired) electrons. The number of hydrogen-bond donors (Lipinski definition) is 1. The summed E-state index contributed by atoms with van der Waals surface area (Å²) in [4.78, 5) is 26.7. The lowest BCUT2D eigenvalue weighted by Crippen LogP contribution is -2.50. The van der Waals surface area contributed by atoms with Crippen molar-refractivity contribution in [1.29, 1.82) is 0 Å². The lowest BCUT2D eigenvalue weighted by molar-refractivity contribution is -0.139. The summed E-state index contributed by atoms with van der Waals surface area (Å²) < 4.78 is 25.8. The highest BCUT2D eigenvalue weighted by Crippen LogP contribution is 2.30. The van der Waals surface area contributed by atoms with Crippen LogP contribution in [0.2, 0.25) is 10.0 Å². The number of anilines is 1. The van der Waals surface area contributed by atoms with Crippen LogP contribution in [0.1, 0.15) is 12.5 Å². The van der Waals surface area contributed by atoms with Crippen molar-refractivity contribution >= 4 is 50.7 Å². The van der Waals surface area contributed by atoms with Crippen molar-refractivity contribution in [3.05, 3.63) is 64.1 Å². The summed E-state index contributed by atoms with van der Waals surface area (Å²) in [6.07, 6.45) is 0.973. The Hall–Kier alpha value is -2.29. The van der Waals surface area contributed by atoms with Crippen molar-refractivity contribution in [2.45, 2.75) is 19.5 Å². The standard InChI is InChI=1S/C20H23Cl2N3O4S/c1-14(20(27)23-2)24(12-15-7-5-4-6-8-15)19(26)13-25(30(3,28)29)18-11-16(21)9-10-17(18)22/h4-11,14H,12-13H2,1-3H3,(H,23,27)/t14-/m1/s1. The van der Waals surface area contributed by atoms with E-state index in [-0.39, 0.29) is 28.2 Å². The third-order valence-corrected chi connectivity index (χ3v) is 6.15. The quantitative estimate of drug-likeness (QED) is 0.640. The second-order valence-electron chi connectivity index (χ2n) is 6.66. The van der Waals surface area contributed by atoms with Crippen molar-refractivity contribution in [3.8, 4) is 0 Å². The van der Waals surface area contributed by atoms with Gasteiger partial charge in [-0.15, -0.1) is 0 Å². The molecule has 0 fully saturated rings. The van der Waals surface area contributed by atoms with Gasteiger partial charge >= 0.3 is 0 Å². The molecular formula is C20H23Cl2N3O4S. The molecule has 0 saturated heterocycles. The number of hydrogen-bond acceptors (Lipinski definition) is 4. The van der Waals surface area contributed by atoms with Gasteiger partial charge in [-0.3, -0.25) is 13.9 Å². The number of carbonyl (C=O) groups excluding carboxylic acids is 2. The molecule has 1 atom stereocenters. The number of rotatable bonds is 8. The van der Waals surface area contributed by atoms with E-state index in [1.165, 1.54) is 30.1 Å². The molecule has 30 heavy (non-hydrogen) atoms. The van der Waals surface area contributed by atoms with Gasteiger partial charge in [0.15, 0.2) is 0 Å². The van der Waals surface area contributed by atoms with Crippen LogP contribution >= 0.6 is 23.2 Å². The molecule has 0 aliphatic heterocycles.